The Morgan fingerprint density at radius 3 is 2.48 bits per heavy atom. The molecule has 4 N–H and O–H groups in total. The third kappa shape index (κ3) is 3.53. The summed E-state index contributed by atoms with van der Waals surface area (Å²) in [7, 11) is 0. The molecule has 0 spiro atoms. The molecule has 7 heteroatoms. The smallest absolute Gasteiger partial charge is 0.337 e. The SMILES string of the molecule is Nc1cc(Br)ccc1C(=O)Nc1ccc(Cl)cc1C(=O)O. The predicted molar refractivity (Wildman–Crippen MR) is 84.9 cm³/mol. The van der Waals surface area contributed by atoms with Gasteiger partial charge in [-0.05, 0) is 36.4 Å². The zero-order valence-corrected chi connectivity index (χ0v) is 12.9. The number of hydrogen-bond acceptors (Lipinski definition) is 3. The van der Waals surface area contributed by atoms with Crippen molar-refractivity contribution in [3.05, 3.63) is 57.0 Å². The number of anilines is 2. The van der Waals surface area contributed by atoms with E-state index < -0.39 is 11.9 Å². The van der Waals surface area contributed by atoms with Crippen LogP contribution in [-0.2, 0) is 0 Å². The lowest BCUT2D eigenvalue weighted by atomic mass is 10.1. The number of rotatable bonds is 3. The molecule has 2 aromatic carbocycles. The summed E-state index contributed by atoms with van der Waals surface area (Å²) in [6.07, 6.45) is 0. The maximum Gasteiger partial charge on any atom is 0.337 e. The molecule has 0 heterocycles. The van der Waals surface area contributed by atoms with Crippen molar-refractivity contribution in [3.8, 4) is 0 Å². The number of aromatic carboxylic acids is 1. The fraction of sp³-hybridized carbons (Fsp3) is 0. The van der Waals surface area contributed by atoms with E-state index in [-0.39, 0.29) is 27.5 Å². The van der Waals surface area contributed by atoms with E-state index in [9.17, 15) is 9.59 Å². The van der Waals surface area contributed by atoms with Gasteiger partial charge in [0.2, 0.25) is 0 Å². The summed E-state index contributed by atoms with van der Waals surface area (Å²) in [5, 5.41) is 11.9. The van der Waals surface area contributed by atoms with Gasteiger partial charge in [-0.2, -0.15) is 0 Å². The predicted octanol–water partition coefficient (Wildman–Crippen LogP) is 3.64. The Kier molecular flexibility index (Phi) is 4.50. The summed E-state index contributed by atoms with van der Waals surface area (Å²) in [4.78, 5) is 23.3. The molecule has 0 aromatic heterocycles. The van der Waals surface area contributed by atoms with E-state index in [1.165, 1.54) is 18.2 Å². The third-order valence-corrected chi connectivity index (χ3v) is 3.45. The summed E-state index contributed by atoms with van der Waals surface area (Å²) in [5.41, 5.74) is 6.37. The Labute approximate surface area is 133 Å². The summed E-state index contributed by atoms with van der Waals surface area (Å²) in [5.74, 6) is -1.68. The number of carboxylic acids is 1. The van der Waals surface area contributed by atoms with E-state index in [4.69, 9.17) is 22.4 Å². The highest BCUT2D eigenvalue weighted by Crippen LogP contribution is 2.23. The van der Waals surface area contributed by atoms with Crippen LogP contribution in [0.5, 0.6) is 0 Å². The number of carboxylic acid groups (broad SMARTS) is 1. The summed E-state index contributed by atoms with van der Waals surface area (Å²) in [6.45, 7) is 0. The first kappa shape index (κ1) is 15.3. The minimum atomic E-state index is -1.18. The number of nitrogens with one attached hydrogen (secondary N) is 1. The maximum absolute atomic E-state index is 12.2. The van der Waals surface area contributed by atoms with Gasteiger partial charge in [0.05, 0.1) is 16.8 Å². The summed E-state index contributed by atoms with van der Waals surface area (Å²) < 4.78 is 0.745. The van der Waals surface area contributed by atoms with Crippen molar-refractivity contribution in [1.82, 2.24) is 0 Å². The fourth-order valence-electron chi connectivity index (χ4n) is 1.73. The monoisotopic (exact) mass is 368 g/mol. The molecule has 0 bridgehead atoms. The number of halogens is 2. The molecule has 0 saturated heterocycles. The molecule has 2 aromatic rings. The van der Waals surface area contributed by atoms with Crippen LogP contribution in [0.3, 0.4) is 0 Å². The van der Waals surface area contributed by atoms with Gasteiger partial charge >= 0.3 is 5.97 Å². The van der Waals surface area contributed by atoms with Crippen molar-refractivity contribution in [2.75, 3.05) is 11.1 Å². The number of benzene rings is 2. The number of hydrogen-bond donors (Lipinski definition) is 3. The highest BCUT2D eigenvalue weighted by molar-refractivity contribution is 9.10. The van der Waals surface area contributed by atoms with E-state index >= 15 is 0 Å². The van der Waals surface area contributed by atoms with E-state index in [1.807, 2.05) is 0 Å². The van der Waals surface area contributed by atoms with Crippen molar-refractivity contribution in [2.24, 2.45) is 0 Å². The number of nitrogens with two attached hydrogens (primary N) is 1. The molecule has 0 atom stereocenters. The lowest BCUT2D eigenvalue weighted by Gasteiger charge is -2.10. The second-order valence-corrected chi connectivity index (χ2v) is 5.53. The largest absolute Gasteiger partial charge is 0.478 e. The van der Waals surface area contributed by atoms with Gasteiger partial charge in [0.1, 0.15) is 0 Å². The number of nitrogen functional groups attached to an aromatic ring is 1. The fourth-order valence-corrected chi connectivity index (χ4v) is 2.28. The van der Waals surface area contributed by atoms with Crippen LogP contribution >= 0.6 is 27.5 Å². The van der Waals surface area contributed by atoms with Gasteiger partial charge in [-0.25, -0.2) is 4.79 Å². The molecule has 5 nitrogen and oxygen atoms in total. The van der Waals surface area contributed by atoms with Gasteiger partial charge < -0.3 is 16.2 Å². The van der Waals surface area contributed by atoms with Crippen LogP contribution in [0.4, 0.5) is 11.4 Å². The topological polar surface area (TPSA) is 92.4 Å². The van der Waals surface area contributed by atoms with Gasteiger partial charge in [0.15, 0.2) is 0 Å². The second kappa shape index (κ2) is 6.15. The first-order chi connectivity index (χ1) is 9.88. The van der Waals surface area contributed by atoms with Crippen molar-refractivity contribution in [2.45, 2.75) is 0 Å². The molecule has 1 amide bonds. The van der Waals surface area contributed by atoms with Crippen molar-refractivity contribution in [1.29, 1.82) is 0 Å². The van der Waals surface area contributed by atoms with E-state index in [2.05, 4.69) is 21.2 Å². The molecular weight excluding hydrogens is 360 g/mol. The van der Waals surface area contributed by atoms with Crippen LogP contribution in [0.1, 0.15) is 20.7 Å². The quantitative estimate of drug-likeness (QED) is 0.720. The Morgan fingerprint density at radius 1 is 1.14 bits per heavy atom. The Hall–Kier alpha value is -2.05. The number of amides is 1. The summed E-state index contributed by atoms with van der Waals surface area (Å²) >= 11 is 9.00. The minimum Gasteiger partial charge on any atom is -0.478 e. The molecule has 0 unspecified atom stereocenters. The van der Waals surface area contributed by atoms with Crippen LogP contribution in [0.2, 0.25) is 5.02 Å². The van der Waals surface area contributed by atoms with Crippen LogP contribution in [0.15, 0.2) is 40.9 Å². The third-order valence-electron chi connectivity index (χ3n) is 2.72. The van der Waals surface area contributed by atoms with Gasteiger partial charge in [-0.1, -0.05) is 27.5 Å². The normalized spacial score (nSPS) is 10.2. The van der Waals surface area contributed by atoms with E-state index in [0.717, 1.165) is 4.47 Å². The molecule has 0 aliphatic rings. The zero-order chi connectivity index (χ0) is 15.6. The van der Waals surface area contributed by atoms with Gasteiger partial charge in [0.25, 0.3) is 5.91 Å². The molecule has 21 heavy (non-hydrogen) atoms. The molecule has 0 radical (unpaired) electrons. The van der Waals surface area contributed by atoms with E-state index in [0.29, 0.717) is 0 Å². The van der Waals surface area contributed by atoms with Crippen LogP contribution < -0.4 is 11.1 Å². The van der Waals surface area contributed by atoms with Gasteiger partial charge in [0, 0.05) is 15.2 Å². The number of carbonyl (C=O) groups is 2. The average molecular weight is 370 g/mol. The molecule has 108 valence electrons. The first-order valence-corrected chi connectivity index (χ1v) is 6.95. The lowest BCUT2D eigenvalue weighted by molar-refractivity contribution is 0.0698. The number of carbonyl (C=O) groups excluding carboxylic acids is 1. The van der Waals surface area contributed by atoms with Crippen LogP contribution in [0.25, 0.3) is 0 Å². The van der Waals surface area contributed by atoms with Gasteiger partial charge in [-0.15, -0.1) is 0 Å². The molecule has 0 aliphatic heterocycles. The van der Waals surface area contributed by atoms with Crippen LogP contribution in [-0.4, -0.2) is 17.0 Å². The average Bonchev–Trinajstić information content (AvgIpc) is 2.40. The molecule has 0 fully saturated rings. The lowest BCUT2D eigenvalue weighted by Crippen LogP contribution is -2.16. The molecular formula is C14H10BrClN2O3. The van der Waals surface area contributed by atoms with Crippen molar-refractivity contribution < 1.29 is 14.7 Å². The zero-order valence-electron chi connectivity index (χ0n) is 10.6. The highest BCUT2D eigenvalue weighted by atomic mass is 79.9. The molecule has 0 aliphatic carbocycles. The standard InChI is InChI=1S/C14H10BrClN2O3/c15-7-1-3-9(11(17)5-7)13(19)18-12-4-2-8(16)6-10(12)14(20)21/h1-6H,17H2,(H,18,19)(H,20,21). The van der Waals surface area contributed by atoms with Crippen molar-refractivity contribution >= 4 is 50.8 Å². The Morgan fingerprint density at radius 2 is 1.86 bits per heavy atom. The maximum atomic E-state index is 12.2. The molecule has 2 rings (SSSR count). The Balaban J connectivity index is 2.34. The van der Waals surface area contributed by atoms with E-state index in [1.54, 1.807) is 18.2 Å². The van der Waals surface area contributed by atoms with Crippen molar-refractivity contribution in [3.63, 3.8) is 0 Å². The highest BCUT2D eigenvalue weighted by Gasteiger charge is 2.15. The minimum absolute atomic E-state index is 0.0912. The Bertz CT molecular complexity index is 734. The second-order valence-electron chi connectivity index (χ2n) is 4.18. The first-order valence-electron chi connectivity index (χ1n) is 5.77. The molecule has 0 saturated carbocycles. The van der Waals surface area contributed by atoms with Gasteiger partial charge in [-0.3, -0.25) is 4.79 Å². The van der Waals surface area contributed by atoms with Crippen LogP contribution in [0, 0.1) is 0 Å². The summed E-state index contributed by atoms with van der Waals surface area (Å²) in [6, 6.07) is 9.00.